The first kappa shape index (κ1) is 20.3. The lowest BCUT2D eigenvalue weighted by Crippen LogP contribution is -2.31. The van der Waals surface area contributed by atoms with E-state index in [0.29, 0.717) is 18.0 Å². The number of carbonyl (C=O) groups is 2. The third-order valence-corrected chi connectivity index (χ3v) is 4.93. The van der Waals surface area contributed by atoms with E-state index in [1.165, 1.54) is 25.1 Å². The van der Waals surface area contributed by atoms with Gasteiger partial charge in [-0.25, -0.2) is 13.1 Å². The molecule has 1 amide bonds. The van der Waals surface area contributed by atoms with Crippen LogP contribution in [0.4, 0.5) is 0 Å². The number of ketones is 1. The van der Waals surface area contributed by atoms with Crippen LogP contribution in [0.2, 0.25) is 0 Å². The van der Waals surface area contributed by atoms with Crippen molar-refractivity contribution < 1.29 is 18.0 Å². The molecule has 1 aromatic rings. The van der Waals surface area contributed by atoms with Crippen LogP contribution in [0.3, 0.4) is 0 Å². The van der Waals surface area contributed by atoms with Gasteiger partial charge in [-0.3, -0.25) is 9.59 Å². The van der Waals surface area contributed by atoms with Gasteiger partial charge in [-0.05, 0) is 37.8 Å². The quantitative estimate of drug-likeness (QED) is 0.497. The number of hydrogen-bond acceptors (Lipinski definition) is 4. The molecule has 0 aliphatic carbocycles. The van der Waals surface area contributed by atoms with E-state index >= 15 is 0 Å². The fourth-order valence-corrected chi connectivity index (χ4v) is 3.17. The highest BCUT2D eigenvalue weighted by molar-refractivity contribution is 7.89. The number of hydrogen-bond donors (Lipinski definition) is 2. The Morgan fingerprint density at radius 1 is 1.17 bits per heavy atom. The molecule has 0 aliphatic heterocycles. The molecule has 0 aliphatic rings. The number of Topliss-reactive ketones (excluding diaryl/α,β-unsaturated/α-hetero) is 1. The molecule has 0 saturated carbocycles. The summed E-state index contributed by atoms with van der Waals surface area (Å²) in [6.07, 6.45) is 2.03. The Balaban J connectivity index is 2.44. The summed E-state index contributed by atoms with van der Waals surface area (Å²) in [4.78, 5) is 23.0. The lowest BCUT2D eigenvalue weighted by molar-refractivity contribution is -0.120. The van der Waals surface area contributed by atoms with Gasteiger partial charge in [0.2, 0.25) is 15.9 Å². The van der Waals surface area contributed by atoms with Crippen LogP contribution in [0.5, 0.6) is 0 Å². The molecular formula is C17H26N2O4S. The normalized spacial score (nSPS) is 11.5. The first-order valence-corrected chi connectivity index (χ1v) is 9.58. The minimum Gasteiger partial charge on any atom is -0.356 e. The molecule has 6 nitrogen and oxygen atoms in total. The van der Waals surface area contributed by atoms with Crippen molar-refractivity contribution in [2.24, 2.45) is 5.92 Å². The number of sulfonamides is 1. The Bertz CT molecular complexity index is 669. The zero-order chi connectivity index (χ0) is 18.2. The molecule has 24 heavy (non-hydrogen) atoms. The fourth-order valence-electron chi connectivity index (χ4n) is 2.09. The lowest BCUT2D eigenvalue weighted by Gasteiger charge is -2.09. The van der Waals surface area contributed by atoms with Crippen molar-refractivity contribution in [3.8, 4) is 0 Å². The maximum atomic E-state index is 12.2. The topological polar surface area (TPSA) is 92.3 Å². The summed E-state index contributed by atoms with van der Waals surface area (Å²) in [7, 11) is -3.73. The largest absolute Gasteiger partial charge is 0.356 e. The van der Waals surface area contributed by atoms with Crippen molar-refractivity contribution >= 4 is 21.7 Å². The third-order valence-electron chi connectivity index (χ3n) is 3.48. The molecule has 0 saturated heterocycles. The smallest absolute Gasteiger partial charge is 0.240 e. The predicted molar refractivity (Wildman–Crippen MR) is 93.3 cm³/mol. The molecule has 134 valence electrons. The molecular weight excluding hydrogens is 328 g/mol. The molecule has 0 heterocycles. The molecule has 0 spiro atoms. The van der Waals surface area contributed by atoms with Crippen molar-refractivity contribution in [2.75, 3.05) is 13.1 Å². The van der Waals surface area contributed by atoms with Crippen LogP contribution in [0.25, 0.3) is 0 Å². The number of amides is 1. The van der Waals surface area contributed by atoms with Crippen molar-refractivity contribution in [3.05, 3.63) is 29.8 Å². The SMILES string of the molecule is CC(=O)c1cccc(S(=O)(=O)NCCC(=O)NCCCC(C)C)c1. The highest BCUT2D eigenvalue weighted by atomic mass is 32.2. The average Bonchev–Trinajstić information content (AvgIpc) is 2.51. The Morgan fingerprint density at radius 2 is 1.88 bits per heavy atom. The van der Waals surface area contributed by atoms with Crippen LogP contribution in [0, 0.1) is 5.92 Å². The molecule has 0 unspecified atom stereocenters. The molecule has 1 rings (SSSR count). The van der Waals surface area contributed by atoms with Crippen molar-refractivity contribution in [1.82, 2.24) is 10.0 Å². The molecule has 1 aromatic carbocycles. The van der Waals surface area contributed by atoms with Crippen LogP contribution in [-0.2, 0) is 14.8 Å². The summed E-state index contributed by atoms with van der Waals surface area (Å²) in [5.41, 5.74) is 0.334. The highest BCUT2D eigenvalue weighted by Gasteiger charge is 2.15. The maximum Gasteiger partial charge on any atom is 0.240 e. The average molecular weight is 354 g/mol. The summed E-state index contributed by atoms with van der Waals surface area (Å²) in [5, 5.41) is 2.77. The van der Waals surface area contributed by atoms with Crippen LogP contribution in [-0.4, -0.2) is 33.2 Å². The van der Waals surface area contributed by atoms with E-state index in [-0.39, 0.29) is 29.6 Å². The van der Waals surface area contributed by atoms with E-state index in [4.69, 9.17) is 0 Å². The number of carbonyl (C=O) groups excluding carboxylic acids is 2. The van der Waals surface area contributed by atoms with Gasteiger partial charge in [0, 0.05) is 25.1 Å². The molecule has 0 atom stereocenters. The van der Waals surface area contributed by atoms with Gasteiger partial charge in [0.15, 0.2) is 5.78 Å². The van der Waals surface area contributed by atoms with E-state index in [1.807, 2.05) is 0 Å². The van der Waals surface area contributed by atoms with E-state index in [9.17, 15) is 18.0 Å². The van der Waals surface area contributed by atoms with Gasteiger partial charge in [0.25, 0.3) is 0 Å². The van der Waals surface area contributed by atoms with Gasteiger partial charge in [-0.15, -0.1) is 0 Å². The van der Waals surface area contributed by atoms with E-state index in [2.05, 4.69) is 23.9 Å². The van der Waals surface area contributed by atoms with Gasteiger partial charge >= 0.3 is 0 Å². The van der Waals surface area contributed by atoms with Gasteiger partial charge in [0.1, 0.15) is 0 Å². The molecule has 7 heteroatoms. The Kier molecular flexibility index (Phi) is 8.07. The summed E-state index contributed by atoms with van der Waals surface area (Å²) < 4.78 is 26.7. The van der Waals surface area contributed by atoms with Crippen molar-refractivity contribution in [1.29, 1.82) is 0 Å². The predicted octanol–water partition coefficient (Wildman–Crippen LogP) is 2.11. The Morgan fingerprint density at radius 3 is 2.50 bits per heavy atom. The second kappa shape index (κ2) is 9.54. The molecule has 0 fully saturated rings. The summed E-state index contributed by atoms with van der Waals surface area (Å²) in [6, 6.07) is 5.83. The first-order valence-electron chi connectivity index (χ1n) is 8.09. The van der Waals surface area contributed by atoms with E-state index < -0.39 is 10.0 Å². The molecule has 2 N–H and O–H groups in total. The van der Waals surface area contributed by atoms with Gasteiger partial charge in [-0.2, -0.15) is 0 Å². The second-order valence-corrected chi connectivity index (χ2v) is 7.88. The number of nitrogens with one attached hydrogen (secondary N) is 2. The van der Waals surface area contributed by atoms with Crippen molar-refractivity contribution in [3.63, 3.8) is 0 Å². The summed E-state index contributed by atoms with van der Waals surface area (Å²) >= 11 is 0. The zero-order valence-corrected chi connectivity index (χ0v) is 15.3. The number of rotatable bonds is 10. The highest BCUT2D eigenvalue weighted by Crippen LogP contribution is 2.12. The van der Waals surface area contributed by atoms with Gasteiger partial charge in [-0.1, -0.05) is 26.0 Å². The van der Waals surface area contributed by atoms with Crippen LogP contribution in [0.1, 0.15) is 50.4 Å². The number of benzene rings is 1. The maximum absolute atomic E-state index is 12.2. The monoisotopic (exact) mass is 354 g/mol. The van der Waals surface area contributed by atoms with E-state index in [0.717, 1.165) is 12.8 Å². The van der Waals surface area contributed by atoms with Crippen LogP contribution in [0.15, 0.2) is 29.2 Å². The second-order valence-electron chi connectivity index (χ2n) is 6.12. The molecule has 0 bridgehead atoms. The molecule has 0 aromatic heterocycles. The fraction of sp³-hybridized carbons (Fsp3) is 0.529. The molecule has 0 radical (unpaired) electrons. The Hall–Kier alpha value is -1.73. The lowest BCUT2D eigenvalue weighted by atomic mass is 10.1. The Labute approximate surface area is 144 Å². The van der Waals surface area contributed by atoms with Crippen LogP contribution < -0.4 is 10.0 Å². The van der Waals surface area contributed by atoms with E-state index in [1.54, 1.807) is 6.07 Å². The third kappa shape index (κ3) is 7.23. The summed E-state index contributed by atoms with van der Waals surface area (Å²) in [6.45, 7) is 6.24. The minimum absolute atomic E-state index is 0.0165. The minimum atomic E-state index is -3.73. The van der Waals surface area contributed by atoms with Gasteiger partial charge < -0.3 is 5.32 Å². The van der Waals surface area contributed by atoms with Crippen molar-refractivity contribution in [2.45, 2.75) is 44.9 Å². The van der Waals surface area contributed by atoms with Gasteiger partial charge in [0.05, 0.1) is 4.90 Å². The van der Waals surface area contributed by atoms with Crippen LogP contribution >= 0.6 is 0 Å². The zero-order valence-electron chi connectivity index (χ0n) is 14.5. The standard InChI is InChI=1S/C17H26N2O4S/c1-13(2)6-5-10-18-17(21)9-11-19-24(22,23)16-8-4-7-15(12-16)14(3)20/h4,7-8,12-13,19H,5-6,9-11H2,1-3H3,(H,18,21). The summed E-state index contributed by atoms with van der Waals surface area (Å²) in [5.74, 6) is 0.214. The first-order chi connectivity index (χ1) is 11.2.